The molecule has 38 heavy (non-hydrogen) atoms. The molecular weight excluding hydrogens is 504 g/mol. The number of anilines is 2. The van der Waals surface area contributed by atoms with Gasteiger partial charge in [-0.2, -0.15) is 5.26 Å². The Kier molecular flexibility index (Phi) is 8.40. The Morgan fingerprint density at radius 3 is 2.13 bits per heavy atom. The maximum absolute atomic E-state index is 13.4. The monoisotopic (exact) mass is 530 g/mol. The molecule has 1 aliphatic rings. The van der Waals surface area contributed by atoms with Crippen molar-refractivity contribution in [2.24, 2.45) is 0 Å². The van der Waals surface area contributed by atoms with E-state index in [-0.39, 0.29) is 23.1 Å². The lowest BCUT2D eigenvalue weighted by Gasteiger charge is -2.28. The zero-order valence-corrected chi connectivity index (χ0v) is 21.8. The predicted octanol–water partition coefficient (Wildman–Crippen LogP) is 5.00. The molecule has 2 aromatic carbocycles. The second kappa shape index (κ2) is 12.1. The molecule has 0 aliphatic carbocycles. The predicted molar refractivity (Wildman–Crippen MR) is 146 cm³/mol. The van der Waals surface area contributed by atoms with Gasteiger partial charge in [0.1, 0.15) is 17.3 Å². The van der Waals surface area contributed by atoms with Crippen molar-refractivity contribution in [2.45, 2.75) is 12.8 Å². The summed E-state index contributed by atoms with van der Waals surface area (Å²) < 4.78 is 16.0. The molecule has 194 valence electrons. The molecule has 0 saturated heterocycles. The lowest BCUT2D eigenvalue weighted by Crippen LogP contribution is -2.31. The number of hydrogen-bond acceptors (Lipinski definition) is 8. The number of furan rings is 1. The van der Waals surface area contributed by atoms with Crippen molar-refractivity contribution in [3.8, 4) is 17.6 Å². The second-order valence-electron chi connectivity index (χ2n) is 8.21. The second-order valence-corrected chi connectivity index (χ2v) is 9.20. The van der Waals surface area contributed by atoms with Crippen molar-refractivity contribution in [1.29, 1.82) is 5.26 Å². The first-order valence-electron chi connectivity index (χ1n) is 11.6. The molecule has 1 aliphatic heterocycles. The van der Waals surface area contributed by atoms with Gasteiger partial charge in [0, 0.05) is 17.1 Å². The van der Waals surface area contributed by atoms with Gasteiger partial charge in [0.25, 0.3) is 5.91 Å². The van der Waals surface area contributed by atoms with E-state index in [9.17, 15) is 14.9 Å². The fourth-order valence-corrected chi connectivity index (χ4v) is 4.84. The van der Waals surface area contributed by atoms with Gasteiger partial charge >= 0.3 is 0 Å². The van der Waals surface area contributed by atoms with Crippen molar-refractivity contribution < 1.29 is 23.5 Å². The number of ether oxygens (including phenoxy) is 2. The third kappa shape index (κ3) is 6.02. The van der Waals surface area contributed by atoms with Crippen LogP contribution in [0.2, 0.25) is 0 Å². The molecule has 3 aromatic rings. The molecule has 2 amide bonds. The first kappa shape index (κ1) is 26.4. The van der Waals surface area contributed by atoms with Crippen molar-refractivity contribution in [1.82, 2.24) is 5.32 Å². The fourth-order valence-electron chi connectivity index (χ4n) is 3.95. The number of thioether (sulfide) groups is 1. The highest BCUT2D eigenvalue weighted by Crippen LogP contribution is 2.41. The van der Waals surface area contributed by atoms with Gasteiger partial charge < -0.3 is 29.8 Å². The smallest absolute Gasteiger partial charge is 0.254 e. The van der Waals surface area contributed by atoms with Gasteiger partial charge in [0.2, 0.25) is 5.91 Å². The summed E-state index contributed by atoms with van der Waals surface area (Å²) in [6.07, 6.45) is 1.50. The number of methoxy groups -OCH3 is 2. The number of amides is 2. The van der Waals surface area contributed by atoms with Crippen LogP contribution in [0.5, 0.6) is 11.5 Å². The number of hydrogen-bond donors (Lipinski definition) is 3. The summed E-state index contributed by atoms with van der Waals surface area (Å²) in [6.45, 7) is 1.75. The highest BCUT2D eigenvalue weighted by atomic mass is 32.2. The first-order valence-corrected chi connectivity index (χ1v) is 12.6. The minimum absolute atomic E-state index is 0.0467. The number of benzene rings is 2. The van der Waals surface area contributed by atoms with E-state index in [1.165, 1.54) is 18.0 Å². The Bertz CT molecular complexity index is 1400. The van der Waals surface area contributed by atoms with Gasteiger partial charge in [0.05, 0.1) is 54.4 Å². The zero-order valence-electron chi connectivity index (χ0n) is 21.0. The average Bonchev–Trinajstić information content (AvgIpc) is 3.47. The summed E-state index contributed by atoms with van der Waals surface area (Å²) in [5.74, 6) is 0.473. The van der Waals surface area contributed by atoms with Gasteiger partial charge in [-0.1, -0.05) is 11.8 Å². The molecule has 0 unspecified atom stereocenters. The zero-order chi connectivity index (χ0) is 27.1. The number of carbonyl (C=O) groups is 2. The SMILES string of the molecule is COc1ccc(NC(=O)CSC2=C(C#N)[C@H](c3ccco3)C(C(=O)Nc3ccc(OC)cc3)=C(C)N2)cc1. The van der Waals surface area contributed by atoms with E-state index in [4.69, 9.17) is 13.9 Å². The minimum atomic E-state index is -0.748. The Morgan fingerprint density at radius 1 is 1.00 bits per heavy atom. The molecule has 9 nitrogen and oxygen atoms in total. The van der Waals surface area contributed by atoms with E-state index in [1.807, 2.05) is 0 Å². The van der Waals surface area contributed by atoms with Crippen LogP contribution in [0, 0.1) is 11.3 Å². The lowest BCUT2D eigenvalue weighted by atomic mass is 9.85. The van der Waals surface area contributed by atoms with Crippen molar-refractivity contribution in [2.75, 3.05) is 30.6 Å². The highest BCUT2D eigenvalue weighted by Gasteiger charge is 2.36. The molecule has 0 fully saturated rings. The molecule has 1 atom stereocenters. The van der Waals surface area contributed by atoms with E-state index in [1.54, 1.807) is 81.8 Å². The van der Waals surface area contributed by atoms with Gasteiger partial charge in [-0.15, -0.1) is 0 Å². The van der Waals surface area contributed by atoms with Crippen LogP contribution in [0.3, 0.4) is 0 Å². The maximum atomic E-state index is 13.4. The van der Waals surface area contributed by atoms with Crippen molar-refractivity contribution in [3.05, 3.63) is 94.6 Å². The molecule has 4 rings (SSSR count). The van der Waals surface area contributed by atoms with Gasteiger partial charge in [-0.25, -0.2) is 0 Å². The van der Waals surface area contributed by atoms with Gasteiger partial charge in [-0.3, -0.25) is 9.59 Å². The summed E-state index contributed by atoms with van der Waals surface area (Å²) in [6, 6.07) is 19.6. The number of nitrogens with zero attached hydrogens (tertiary/aromatic N) is 1. The number of nitrogens with one attached hydrogen (secondary N) is 3. The fraction of sp³-hybridized carbons (Fsp3) is 0.179. The summed E-state index contributed by atoms with van der Waals surface area (Å²) in [4.78, 5) is 26.0. The number of carbonyl (C=O) groups excluding carboxylic acids is 2. The molecule has 3 N–H and O–H groups in total. The van der Waals surface area contributed by atoms with E-state index >= 15 is 0 Å². The van der Waals surface area contributed by atoms with E-state index < -0.39 is 5.92 Å². The molecule has 2 heterocycles. The molecule has 1 aromatic heterocycles. The summed E-state index contributed by atoms with van der Waals surface area (Å²) in [5, 5.41) is 19.5. The summed E-state index contributed by atoms with van der Waals surface area (Å²) in [7, 11) is 3.14. The Hall–Kier alpha value is -4.62. The Balaban J connectivity index is 1.54. The molecule has 10 heteroatoms. The van der Waals surface area contributed by atoms with Crippen LogP contribution in [0.15, 0.2) is 93.2 Å². The topological polar surface area (TPSA) is 126 Å². The standard InChI is InChI=1S/C28H26N4O5S/c1-17-25(27(34)32-19-8-12-21(36-3)13-9-19)26(23-5-4-14-37-23)22(15-29)28(30-17)38-16-24(33)31-18-6-10-20(35-2)11-7-18/h4-14,26,30H,16H2,1-3H3,(H,31,33)(H,32,34)/t26-/m1/s1. The van der Waals surface area contributed by atoms with Crippen LogP contribution in [0.25, 0.3) is 0 Å². The van der Waals surface area contributed by atoms with Crippen LogP contribution in [-0.2, 0) is 9.59 Å². The maximum Gasteiger partial charge on any atom is 0.254 e. The third-order valence-electron chi connectivity index (χ3n) is 5.79. The number of allylic oxidation sites excluding steroid dienone is 2. The average molecular weight is 531 g/mol. The molecular formula is C28H26N4O5S. The summed E-state index contributed by atoms with van der Waals surface area (Å²) >= 11 is 1.18. The third-order valence-corrected chi connectivity index (χ3v) is 6.81. The van der Waals surface area contributed by atoms with Crippen molar-refractivity contribution >= 4 is 35.0 Å². The normalized spacial score (nSPS) is 14.8. The van der Waals surface area contributed by atoms with Crippen LogP contribution in [0.4, 0.5) is 11.4 Å². The van der Waals surface area contributed by atoms with Crippen LogP contribution >= 0.6 is 11.8 Å². The van der Waals surface area contributed by atoms with Crippen LogP contribution < -0.4 is 25.4 Å². The molecule has 0 radical (unpaired) electrons. The molecule has 0 saturated carbocycles. The largest absolute Gasteiger partial charge is 0.497 e. The minimum Gasteiger partial charge on any atom is -0.497 e. The van der Waals surface area contributed by atoms with Crippen LogP contribution in [0.1, 0.15) is 18.6 Å². The lowest BCUT2D eigenvalue weighted by molar-refractivity contribution is -0.114. The van der Waals surface area contributed by atoms with E-state index in [2.05, 4.69) is 22.0 Å². The number of nitriles is 1. The highest BCUT2D eigenvalue weighted by molar-refractivity contribution is 8.03. The Morgan fingerprint density at radius 2 is 1.61 bits per heavy atom. The van der Waals surface area contributed by atoms with E-state index in [0.29, 0.717) is 44.9 Å². The van der Waals surface area contributed by atoms with Crippen molar-refractivity contribution in [3.63, 3.8) is 0 Å². The van der Waals surface area contributed by atoms with E-state index in [0.717, 1.165) is 0 Å². The number of dihydropyridines is 1. The quantitative estimate of drug-likeness (QED) is 0.353. The molecule has 0 bridgehead atoms. The van der Waals surface area contributed by atoms with Gasteiger partial charge in [0.15, 0.2) is 0 Å². The molecule has 0 spiro atoms. The first-order chi connectivity index (χ1) is 18.4. The summed E-state index contributed by atoms with van der Waals surface area (Å²) in [5.41, 5.74) is 2.39. The van der Waals surface area contributed by atoms with Gasteiger partial charge in [-0.05, 0) is 67.6 Å². The Labute approximate surface area is 224 Å². The van der Waals surface area contributed by atoms with Crippen LogP contribution in [-0.4, -0.2) is 31.8 Å². The number of rotatable bonds is 9.